The molecule has 1 atom stereocenters. The summed E-state index contributed by atoms with van der Waals surface area (Å²) in [5.41, 5.74) is 3.70. The van der Waals surface area contributed by atoms with Gasteiger partial charge >= 0.3 is 0 Å². The van der Waals surface area contributed by atoms with Crippen LogP contribution < -0.4 is 14.8 Å². The number of nitrogens with one attached hydrogen (secondary N) is 1. The fourth-order valence-electron chi connectivity index (χ4n) is 4.23. The van der Waals surface area contributed by atoms with Crippen molar-refractivity contribution in [1.82, 2.24) is 10.2 Å². The summed E-state index contributed by atoms with van der Waals surface area (Å²) in [6.45, 7) is 7.44. The van der Waals surface area contributed by atoms with Crippen LogP contribution in [0.3, 0.4) is 0 Å². The van der Waals surface area contributed by atoms with Gasteiger partial charge in [0.2, 0.25) is 5.91 Å². The van der Waals surface area contributed by atoms with Crippen molar-refractivity contribution in [3.8, 4) is 11.5 Å². The molecule has 5 nitrogen and oxygen atoms in total. The molecule has 0 fully saturated rings. The van der Waals surface area contributed by atoms with Gasteiger partial charge in [-0.15, -0.1) is 0 Å². The Labute approximate surface area is 185 Å². The molecule has 0 aliphatic carbocycles. The van der Waals surface area contributed by atoms with E-state index in [1.54, 1.807) is 0 Å². The summed E-state index contributed by atoms with van der Waals surface area (Å²) in [6, 6.07) is 16.6. The van der Waals surface area contributed by atoms with Crippen molar-refractivity contribution in [3.05, 3.63) is 65.7 Å². The zero-order valence-corrected chi connectivity index (χ0v) is 18.5. The zero-order valence-electron chi connectivity index (χ0n) is 18.5. The van der Waals surface area contributed by atoms with Crippen molar-refractivity contribution in [1.29, 1.82) is 0 Å². The Hall–Kier alpha value is -2.79. The third-order valence-corrected chi connectivity index (χ3v) is 5.98. The van der Waals surface area contributed by atoms with Gasteiger partial charge < -0.3 is 19.7 Å². The third-order valence-electron chi connectivity index (χ3n) is 5.98. The minimum atomic E-state index is 0.0707. The molecule has 31 heavy (non-hydrogen) atoms. The second-order valence-electron chi connectivity index (χ2n) is 8.54. The van der Waals surface area contributed by atoms with Gasteiger partial charge in [0.15, 0.2) is 11.5 Å². The van der Waals surface area contributed by atoms with Crippen LogP contribution in [0, 0.1) is 5.92 Å². The van der Waals surface area contributed by atoms with E-state index < -0.39 is 0 Å². The molecule has 4 rings (SSSR count). The molecular formula is C26H32N2O3. The molecule has 0 saturated heterocycles. The fraction of sp³-hybridized carbons (Fsp3) is 0.423. The number of hydrogen-bond donors (Lipinski definition) is 1. The first kappa shape index (κ1) is 21.4. The monoisotopic (exact) mass is 420 g/mol. The quantitative estimate of drug-likeness (QED) is 0.750. The Morgan fingerprint density at radius 2 is 1.84 bits per heavy atom. The van der Waals surface area contributed by atoms with Crippen LogP contribution in [0.15, 0.2) is 54.6 Å². The van der Waals surface area contributed by atoms with Gasteiger partial charge in [-0.25, -0.2) is 0 Å². The summed E-state index contributed by atoms with van der Waals surface area (Å²) in [4.78, 5) is 14.8. The molecule has 1 amide bonds. The summed E-state index contributed by atoms with van der Waals surface area (Å²) >= 11 is 0. The smallest absolute Gasteiger partial charge is 0.236 e. The average Bonchev–Trinajstić information content (AvgIpc) is 3.04. The lowest BCUT2D eigenvalue weighted by molar-refractivity contribution is -0.130. The van der Waals surface area contributed by atoms with E-state index in [0.29, 0.717) is 32.2 Å². The molecule has 0 aromatic heterocycles. The van der Waals surface area contributed by atoms with Crippen LogP contribution in [0.25, 0.3) is 5.57 Å². The SMILES string of the molecule is CC(C)C(NCC(=O)N1CC=C(c2ccccc2)CC1)c1ccc2c(c1)OCCCO2. The Balaban J connectivity index is 1.37. The Bertz CT molecular complexity index is 924. The van der Waals surface area contributed by atoms with Gasteiger partial charge in [0, 0.05) is 25.6 Å². The van der Waals surface area contributed by atoms with Crippen LogP contribution in [0.5, 0.6) is 11.5 Å². The maximum atomic E-state index is 12.9. The summed E-state index contributed by atoms with van der Waals surface area (Å²) in [5.74, 6) is 2.07. The van der Waals surface area contributed by atoms with E-state index in [4.69, 9.17) is 9.47 Å². The number of amides is 1. The van der Waals surface area contributed by atoms with Crippen LogP contribution in [0.4, 0.5) is 0 Å². The lowest BCUT2D eigenvalue weighted by Crippen LogP contribution is -2.42. The Morgan fingerprint density at radius 1 is 1.06 bits per heavy atom. The van der Waals surface area contributed by atoms with Crippen molar-refractivity contribution in [2.24, 2.45) is 5.92 Å². The van der Waals surface area contributed by atoms with Crippen molar-refractivity contribution in [2.75, 3.05) is 32.8 Å². The number of benzene rings is 2. The van der Waals surface area contributed by atoms with Crippen LogP contribution in [0.2, 0.25) is 0 Å². The first-order valence-electron chi connectivity index (χ1n) is 11.3. The summed E-state index contributed by atoms with van der Waals surface area (Å²) < 4.78 is 11.6. The van der Waals surface area contributed by atoms with Gasteiger partial charge in [0.25, 0.3) is 0 Å². The molecule has 0 spiro atoms. The molecule has 2 aliphatic heterocycles. The summed E-state index contributed by atoms with van der Waals surface area (Å²) in [5, 5.41) is 3.49. The number of hydrogen-bond acceptors (Lipinski definition) is 4. The van der Waals surface area contributed by atoms with E-state index in [9.17, 15) is 4.79 Å². The molecule has 1 N–H and O–H groups in total. The van der Waals surface area contributed by atoms with Gasteiger partial charge in [-0.1, -0.05) is 56.3 Å². The molecule has 5 heteroatoms. The van der Waals surface area contributed by atoms with E-state index in [-0.39, 0.29) is 11.9 Å². The minimum Gasteiger partial charge on any atom is -0.490 e. The van der Waals surface area contributed by atoms with Crippen LogP contribution in [-0.2, 0) is 4.79 Å². The van der Waals surface area contributed by atoms with Crippen molar-refractivity contribution in [3.63, 3.8) is 0 Å². The molecule has 164 valence electrons. The van der Waals surface area contributed by atoms with E-state index in [1.807, 2.05) is 17.0 Å². The molecule has 2 aromatic rings. The van der Waals surface area contributed by atoms with Crippen molar-refractivity contribution < 1.29 is 14.3 Å². The Kier molecular flexibility index (Phi) is 6.92. The Morgan fingerprint density at radius 3 is 2.55 bits per heavy atom. The predicted molar refractivity (Wildman–Crippen MR) is 123 cm³/mol. The van der Waals surface area contributed by atoms with Crippen LogP contribution in [0.1, 0.15) is 43.9 Å². The van der Waals surface area contributed by atoms with E-state index in [1.165, 1.54) is 11.1 Å². The second-order valence-corrected chi connectivity index (χ2v) is 8.54. The highest BCUT2D eigenvalue weighted by atomic mass is 16.5. The largest absolute Gasteiger partial charge is 0.490 e. The van der Waals surface area contributed by atoms with Crippen molar-refractivity contribution in [2.45, 2.75) is 32.7 Å². The molecule has 2 aliphatic rings. The maximum absolute atomic E-state index is 12.9. The zero-order chi connectivity index (χ0) is 21.6. The molecule has 2 heterocycles. The van der Waals surface area contributed by atoms with Crippen molar-refractivity contribution >= 4 is 11.5 Å². The maximum Gasteiger partial charge on any atom is 0.236 e. The highest BCUT2D eigenvalue weighted by Gasteiger charge is 2.22. The third kappa shape index (κ3) is 5.28. The van der Waals surface area contributed by atoms with E-state index >= 15 is 0 Å². The molecule has 0 saturated carbocycles. The predicted octanol–water partition coefficient (Wildman–Crippen LogP) is 4.45. The van der Waals surface area contributed by atoms with Gasteiger partial charge in [-0.3, -0.25) is 4.79 Å². The van der Waals surface area contributed by atoms with Crippen LogP contribution >= 0.6 is 0 Å². The highest BCUT2D eigenvalue weighted by molar-refractivity contribution is 5.80. The molecule has 1 unspecified atom stereocenters. The topological polar surface area (TPSA) is 50.8 Å². The van der Waals surface area contributed by atoms with E-state index in [2.05, 4.69) is 61.6 Å². The highest BCUT2D eigenvalue weighted by Crippen LogP contribution is 2.34. The summed E-state index contributed by atoms with van der Waals surface area (Å²) in [6.07, 6.45) is 3.96. The second kappa shape index (κ2) is 10.0. The van der Waals surface area contributed by atoms with Crippen LogP contribution in [-0.4, -0.2) is 43.7 Å². The number of fused-ring (bicyclic) bond motifs is 1. The lowest BCUT2D eigenvalue weighted by atomic mass is 9.95. The number of ether oxygens (including phenoxy) is 2. The van der Waals surface area contributed by atoms with Gasteiger partial charge in [-0.2, -0.15) is 0 Å². The number of carbonyl (C=O) groups is 1. The number of rotatable bonds is 6. The molecule has 2 aromatic carbocycles. The number of nitrogens with zero attached hydrogens (tertiary/aromatic N) is 1. The number of carbonyl (C=O) groups excluding carboxylic acids is 1. The fourth-order valence-corrected chi connectivity index (χ4v) is 4.23. The average molecular weight is 421 g/mol. The standard InChI is InChI=1S/C26H32N2O3/c1-19(2)26(22-9-10-23-24(17-22)31-16-6-15-30-23)27-18-25(29)28-13-11-21(12-14-28)20-7-4-3-5-8-20/h3-5,7-11,17,19,26-27H,6,12-16,18H2,1-2H3. The molecule has 0 bridgehead atoms. The van der Waals surface area contributed by atoms with E-state index in [0.717, 1.165) is 36.4 Å². The first-order chi connectivity index (χ1) is 15.1. The minimum absolute atomic E-state index is 0.0707. The molecular weight excluding hydrogens is 388 g/mol. The van der Waals surface area contributed by atoms with Gasteiger partial charge in [0.1, 0.15) is 0 Å². The van der Waals surface area contributed by atoms with Gasteiger partial charge in [-0.05, 0) is 41.2 Å². The lowest BCUT2D eigenvalue weighted by Gasteiger charge is -2.29. The molecule has 0 radical (unpaired) electrons. The normalized spacial score (nSPS) is 17.1. The summed E-state index contributed by atoms with van der Waals surface area (Å²) in [7, 11) is 0. The van der Waals surface area contributed by atoms with Gasteiger partial charge in [0.05, 0.1) is 19.8 Å². The first-order valence-corrected chi connectivity index (χ1v) is 11.3.